The number of anilines is 1. The summed E-state index contributed by atoms with van der Waals surface area (Å²) < 4.78 is 15.7. The van der Waals surface area contributed by atoms with Crippen LogP contribution in [0.1, 0.15) is 25.3 Å². The molecule has 1 aliphatic heterocycles. The predicted octanol–water partition coefficient (Wildman–Crippen LogP) is 5.18. The van der Waals surface area contributed by atoms with Crippen molar-refractivity contribution in [2.45, 2.75) is 19.8 Å². The highest BCUT2D eigenvalue weighted by Crippen LogP contribution is 2.34. The molecule has 2 aromatic rings. The Morgan fingerprint density at radius 3 is 2.58 bits per heavy atom. The van der Waals surface area contributed by atoms with Gasteiger partial charge in [0, 0.05) is 6.07 Å². The van der Waals surface area contributed by atoms with Crippen LogP contribution in [0.25, 0.3) is 6.08 Å². The number of amidine groups is 1. The highest BCUT2D eigenvalue weighted by atomic mass is 35.5. The van der Waals surface area contributed by atoms with E-state index < -0.39 is 0 Å². The van der Waals surface area contributed by atoms with E-state index in [2.05, 4.69) is 4.99 Å². The van der Waals surface area contributed by atoms with E-state index in [1.54, 1.807) is 43.5 Å². The molecule has 2 aromatic carbocycles. The van der Waals surface area contributed by atoms with Crippen molar-refractivity contribution in [3.05, 3.63) is 58.7 Å². The first-order chi connectivity index (χ1) is 16.0. The molecule has 0 aliphatic carbocycles. The van der Waals surface area contributed by atoms with Gasteiger partial charge in [-0.15, -0.1) is 0 Å². The molecular formula is C24H25ClN2O5S. The maximum absolute atomic E-state index is 13.3. The van der Waals surface area contributed by atoms with Crippen molar-refractivity contribution in [2.75, 3.05) is 31.5 Å². The van der Waals surface area contributed by atoms with Gasteiger partial charge < -0.3 is 14.2 Å². The van der Waals surface area contributed by atoms with Crippen LogP contribution in [-0.4, -0.2) is 43.6 Å². The van der Waals surface area contributed by atoms with Crippen LogP contribution < -0.4 is 14.4 Å². The molecule has 1 heterocycles. The van der Waals surface area contributed by atoms with Crippen LogP contribution in [0.2, 0.25) is 5.02 Å². The van der Waals surface area contributed by atoms with Gasteiger partial charge in [0.2, 0.25) is 0 Å². The second-order valence-electron chi connectivity index (χ2n) is 7.02. The first-order valence-corrected chi connectivity index (χ1v) is 11.7. The van der Waals surface area contributed by atoms with Crippen molar-refractivity contribution < 1.29 is 23.8 Å². The summed E-state index contributed by atoms with van der Waals surface area (Å²) in [5.41, 5.74) is 1.57. The average Bonchev–Trinajstić information content (AvgIpc) is 3.13. The Balaban J connectivity index is 1.88. The molecule has 0 N–H and O–H groups in total. The Morgan fingerprint density at radius 2 is 1.91 bits per heavy atom. The summed E-state index contributed by atoms with van der Waals surface area (Å²) in [6.07, 6.45) is 3.43. The standard InChI is InChI=1S/C24H25ClN2O5S/c1-4-5-12-32-22(28)15-33-24-26-20(13-16-6-9-18(30-2)10-7-16)23(29)27(24)17-8-11-19(25)21(14-17)31-3/h6-11,13-14H,4-5,12,15H2,1-3H3/b20-13-. The number of rotatable bonds is 9. The molecule has 0 unspecified atom stereocenters. The lowest BCUT2D eigenvalue weighted by Gasteiger charge is -2.18. The monoisotopic (exact) mass is 488 g/mol. The maximum atomic E-state index is 13.3. The summed E-state index contributed by atoms with van der Waals surface area (Å²) in [4.78, 5) is 31.4. The van der Waals surface area contributed by atoms with Gasteiger partial charge in [0.25, 0.3) is 5.91 Å². The number of unbranched alkanes of at least 4 members (excludes halogenated alkanes) is 1. The molecule has 0 saturated carbocycles. The number of carbonyl (C=O) groups excluding carboxylic acids is 2. The van der Waals surface area contributed by atoms with Gasteiger partial charge in [0.15, 0.2) is 5.17 Å². The largest absolute Gasteiger partial charge is 0.497 e. The first-order valence-electron chi connectivity index (χ1n) is 10.4. The normalized spacial score (nSPS) is 14.4. The fourth-order valence-corrected chi connectivity index (χ4v) is 3.97. The third kappa shape index (κ3) is 6.30. The van der Waals surface area contributed by atoms with Crippen LogP contribution in [-0.2, 0) is 14.3 Å². The van der Waals surface area contributed by atoms with E-state index >= 15 is 0 Å². The summed E-state index contributed by atoms with van der Waals surface area (Å²) in [6, 6.07) is 12.3. The molecule has 9 heteroatoms. The predicted molar refractivity (Wildman–Crippen MR) is 132 cm³/mol. The number of ether oxygens (including phenoxy) is 3. The molecule has 0 spiro atoms. The van der Waals surface area contributed by atoms with Gasteiger partial charge in [-0.25, -0.2) is 4.99 Å². The molecule has 0 bridgehead atoms. The van der Waals surface area contributed by atoms with Crippen LogP contribution in [0.3, 0.4) is 0 Å². The Bertz CT molecular complexity index is 1070. The van der Waals surface area contributed by atoms with E-state index in [9.17, 15) is 9.59 Å². The lowest BCUT2D eigenvalue weighted by atomic mass is 10.2. The van der Waals surface area contributed by atoms with Crippen LogP contribution in [0.5, 0.6) is 11.5 Å². The fourth-order valence-electron chi connectivity index (χ4n) is 2.96. The zero-order chi connectivity index (χ0) is 23.8. The van der Waals surface area contributed by atoms with Crippen molar-refractivity contribution in [2.24, 2.45) is 4.99 Å². The van der Waals surface area contributed by atoms with Gasteiger partial charge in [-0.1, -0.05) is 48.8 Å². The van der Waals surface area contributed by atoms with Crippen molar-refractivity contribution >= 4 is 52.2 Å². The third-order valence-corrected chi connectivity index (χ3v) is 5.95. The number of aliphatic imine (C=N–C) groups is 1. The Kier molecular flexibility index (Phi) is 8.79. The van der Waals surface area contributed by atoms with E-state index in [4.69, 9.17) is 25.8 Å². The minimum atomic E-state index is -0.357. The lowest BCUT2D eigenvalue weighted by molar-refractivity contribution is -0.140. The van der Waals surface area contributed by atoms with Gasteiger partial charge in [0.1, 0.15) is 17.2 Å². The number of halogens is 1. The Labute approximate surface area is 202 Å². The number of benzene rings is 2. The lowest BCUT2D eigenvalue weighted by Crippen LogP contribution is -2.31. The second-order valence-corrected chi connectivity index (χ2v) is 8.37. The smallest absolute Gasteiger partial charge is 0.316 e. The van der Waals surface area contributed by atoms with E-state index in [1.807, 2.05) is 19.1 Å². The highest BCUT2D eigenvalue weighted by molar-refractivity contribution is 8.14. The number of thioether (sulfide) groups is 1. The van der Waals surface area contributed by atoms with Gasteiger partial charge in [-0.3, -0.25) is 14.5 Å². The van der Waals surface area contributed by atoms with Crippen molar-refractivity contribution in [3.8, 4) is 11.5 Å². The van der Waals surface area contributed by atoms with Crippen LogP contribution in [0, 0.1) is 0 Å². The number of esters is 1. The number of hydrogen-bond donors (Lipinski definition) is 0. The van der Waals surface area contributed by atoms with Crippen LogP contribution in [0.15, 0.2) is 53.2 Å². The molecule has 0 atom stereocenters. The molecule has 0 aromatic heterocycles. The fraction of sp³-hybridized carbons (Fsp3) is 0.292. The molecule has 0 fully saturated rings. The molecule has 174 valence electrons. The minimum Gasteiger partial charge on any atom is -0.497 e. The molecule has 1 aliphatic rings. The van der Waals surface area contributed by atoms with E-state index in [-0.39, 0.29) is 23.3 Å². The zero-order valence-electron chi connectivity index (χ0n) is 18.7. The maximum Gasteiger partial charge on any atom is 0.316 e. The SMILES string of the molecule is CCCCOC(=O)CSC1=N/C(=C\c2ccc(OC)cc2)C(=O)N1c1ccc(Cl)c(OC)c1. The van der Waals surface area contributed by atoms with Crippen molar-refractivity contribution in [3.63, 3.8) is 0 Å². The van der Waals surface area contributed by atoms with E-state index in [0.717, 1.165) is 30.2 Å². The molecular weight excluding hydrogens is 464 g/mol. The highest BCUT2D eigenvalue weighted by Gasteiger charge is 2.33. The number of amides is 1. The average molecular weight is 489 g/mol. The van der Waals surface area contributed by atoms with Gasteiger partial charge in [-0.05, 0) is 42.3 Å². The van der Waals surface area contributed by atoms with Gasteiger partial charge in [-0.2, -0.15) is 0 Å². The minimum absolute atomic E-state index is 0.0346. The molecule has 33 heavy (non-hydrogen) atoms. The van der Waals surface area contributed by atoms with E-state index in [0.29, 0.717) is 34.0 Å². The summed E-state index contributed by atoms with van der Waals surface area (Å²) in [5, 5.41) is 0.795. The number of carbonyl (C=O) groups is 2. The second kappa shape index (κ2) is 11.8. The molecule has 7 nitrogen and oxygen atoms in total. The molecule has 0 saturated heterocycles. The summed E-state index contributed by atoms with van der Waals surface area (Å²) in [5.74, 6) is 0.498. The summed E-state index contributed by atoms with van der Waals surface area (Å²) in [6.45, 7) is 2.40. The van der Waals surface area contributed by atoms with Crippen molar-refractivity contribution in [1.82, 2.24) is 0 Å². The quantitative estimate of drug-likeness (QED) is 0.275. The van der Waals surface area contributed by atoms with Crippen molar-refractivity contribution in [1.29, 1.82) is 0 Å². The summed E-state index contributed by atoms with van der Waals surface area (Å²) >= 11 is 7.29. The Morgan fingerprint density at radius 1 is 1.15 bits per heavy atom. The topological polar surface area (TPSA) is 77.4 Å². The molecule has 3 rings (SSSR count). The third-order valence-electron chi connectivity index (χ3n) is 4.72. The first kappa shape index (κ1) is 24.7. The zero-order valence-corrected chi connectivity index (χ0v) is 20.2. The summed E-state index contributed by atoms with van der Waals surface area (Å²) in [7, 11) is 3.09. The molecule has 0 radical (unpaired) electrons. The van der Waals surface area contributed by atoms with E-state index in [1.165, 1.54) is 12.0 Å². The Hall–Kier alpha value is -2.97. The van der Waals surface area contributed by atoms with Crippen LogP contribution in [0.4, 0.5) is 5.69 Å². The number of methoxy groups -OCH3 is 2. The van der Waals surface area contributed by atoms with Gasteiger partial charge in [0.05, 0.1) is 37.3 Å². The molecule has 1 amide bonds. The number of nitrogens with zero attached hydrogens (tertiary/aromatic N) is 2. The number of hydrogen-bond acceptors (Lipinski definition) is 7. The van der Waals surface area contributed by atoms with Crippen LogP contribution >= 0.6 is 23.4 Å². The van der Waals surface area contributed by atoms with Gasteiger partial charge >= 0.3 is 5.97 Å².